The molecule has 0 unspecified atom stereocenters. The molecule has 0 saturated heterocycles. The fourth-order valence-corrected chi connectivity index (χ4v) is 4.04. The van der Waals surface area contributed by atoms with Gasteiger partial charge in [-0.2, -0.15) is 0 Å². The molecule has 6 nitrogen and oxygen atoms in total. The summed E-state index contributed by atoms with van der Waals surface area (Å²) in [5, 5.41) is 9.48. The summed E-state index contributed by atoms with van der Waals surface area (Å²) in [6.45, 7) is -0.319. The molecule has 132 valence electrons. The Kier molecular flexibility index (Phi) is 6.58. The molecule has 0 radical (unpaired) electrons. The van der Waals surface area contributed by atoms with E-state index in [9.17, 15) is 14.7 Å². The van der Waals surface area contributed by atoms with Crippen molar-refractivity contribution in [3.05, 3.63) is 53.1 Å². The van der Waals surface area contributed by atoms with E-state index in [4.69, 9.17) is 14.2 Å². The summed E-state index contributed by atoms with van der Waals surface area (Å²) in [5.41, 5.74) is 0.891. The summed E-state index contributed by atoms with van der Waals surface area (Å²) in [6, 6.07) is 9.90. The van der Waals surface area contributed by atoms with Gasteiger partial charge in [-0.05, 0) is 0 Å². The van der Waals surface area contributed by atoms with Gasteiger partial charge >= 0.3 is 151 Å². The summed E-state index contributed by atoms with van der Waals surface area (Å²) < 4.78 is 14.9. The summed E-state index contributed by atoms with van der Waals surface area (Å²) in [6.07, 6.45) is 0. The Hall–Kier alpha value is -2.34. The molecule has 0 aliphatic carbocycles. The van der Waals surface area contributed by atoms with Crippen LogP contribution in [0.3, 0.4) is 0 Å². The van der Waals surface area contributed by atoms with Crippen LogP contribution in [0.25, 0.3) is 0 Å². The van der Waals surface area contributed by atoms with E-state index in [0.29, 0.717) is 22.8 Å². The molecule has 25 heavy (non-hydrogen) atoms. The van der Waals surface area contributed by atoms with Gasteiger partial charge in [0.15, 0.2) is 0 Å². The number of carbonyl (C=O) groups excluding carboxylic acids is 2. The second-order valence-corrected chi connectivity index (χ2v) is 6.85. The first kappa shape index (κ1) is 19.0. The minimum atomic E-state index is -1.07. The number of carbonyl (C=O) groups is 2. The van der Waals surface area contributed by atoms with Gasteiger partial charge in [-0.1, -0.05) is 0 Å². The molecule has 0 heterocycles. The van der Waals surface area contributed by atoms with Crippen LogP contribution in [0.1, 0.15) is 26.3 Å². The van der Waals surface area contributed by atoms with E-state index < -0.39 is 15.0 Å². The molecule has 2 rings (SSSR count). The number of rotatable bonds is 8. The van der Waals surface area contributed by atoms with Gasteiger partial charge in [0.25, 0.3) is 0 Å². The molecule has 1 N–H and O–H groups in total. The Balaban J connectivity index is 2.39. The summed E-state index contributed by atoms with van der Waals surface area (Å²) in [7, 11) is 4.33. The zero-order chi connectivity index (χ0) is 18.4. The monoisotopic (exact) mass is 410 g/mol. The molecule has 0 spiro atoms. The molecule has 7 heteroatoms. The molecule has 0 saturated carbocycles. The van der Waals surface area contributed by atoms with Crippen LogP contribution in [0.4, 0.5) is 0 Å². The van der Waals surface area contributed by atoms with Gasteiger partial charge in [-0.15, -0.1) is 0 Å². The molecule has 0 aliphatic rings. The fourth-order valence-electron chi connectivity index (χ4n) is 2.35. The minimum absolute atomic E-state index is 0.231. The number of aliphatic hydroxyl groups is 1. The summed E-state index contributed by atoms with van der Waals surface area (Å²) in [5.74, 6) is 1.03. The summed E-state index contributed by atoms with van der Waals surface area (Å²) in [4.78, 5) is 25.5. The van der Waals surface area contributed by atoms with E-state index in [-0.39, 0.29) is 27.1 Å². The van der Waals surface area contributed by atoms with E-state index in [1.807, 2.05) is 0 Å². The first-order valence-corrected chi connectivity index (χ1v) is 9.02. The van der Waals surface area contributed by atoms with E-state index in [0.717, 1.165) is 0 Å². The second-order valence-electron chi connectivity index (χ2n) is 4.87. The number of benzene rings is 2. The van der Waals surface area contributed by atoms with Crippen LogP contribution in [-0.2, 0) is 6.61 Å². The van der Waals surface area contributed by atoms with Gasteiger partial charge < -0.3 is 0 Å². The first-order valence-electron chi connectivity index (χ1n) is 7.31. The average molecular weight is 409 g/mol. The third-order valence-corrected chi connectivity index (χ3v) is 5.16. The van der Waals surface area contributed by atoms with Crippen molar-refractivity contribution >= 4 is 24.3 Å². The van der Waals surface area contributed by atoms with Crippen LogP contribution in [0, 0.1) is 0 Å². The normalized spacial score (nSPS) is 10.2. The molecule has 2 aromatic carbocycles. The van der Waals surface area contributed by atoms with Crippen molar-refractivity contribution in [2.75, 3.05) is 21.3 Å². The number of ether oxygens (including phenoxy) is 3. The van der Waals surface area contributed by atoms with Gasteiger partial charge in [0.2, 0.25) is 0 Å². The van der Waals surface area contributed by atoms with Gasteiger partial charge in [0.1, 0.15) is 0 Å². The van der Waals surface area contributed by atoms with Crippen molar-refractivity contribution in [3.8, 4) is 17.2 Å². The van der Waals surface area contributed by atoms with Crippen molar-refractivity contribution in [2.24, 2.45) is 0 Å². The fraction of sp³-hybridized carbons (Fsp3) is 0.222. The van der Waals surface area contributed by atoms with Crippen molar-refractivity contribution in [1.82, 2.24) is 0 Å². The van der Waals surface area contributed by atoms with E-state index in [1.54, 1.807) is 36.4 Å². The first-order chi connectivity index (χ1) is 12.1. The van der Waals surface area contributed by atoms with Crippen LogP contribution in [0.5, 0.6) is 17.2 Å². The van der Waals surface area contributed by atoms with Crippen molar-refractivity contribution < 1.29 is 28.9 Å². The Bertz CT molecular complexity index is 677. The van der Waals surface area contributed by atoms with Gasteiger partial charge in [-0.25, -0.2) is 0 Å². The summed E-state index contributed by atoms with van der Waals surface area (Å²) >= 11 is -1.07. The quantitative estimate of drug-likeness (QED) is 0.671. The van der Waals surface area contributed by atoms with E-state index >= 15 is 0 Å². The Morgan fingerprint density at radius 1 is 0.840 bits per heavy atom. The Morgan fingerprint density at radius 3 is 1.76 bits per heavy atom. The maximum absolute atomic E-state index is 12.7. The zero-order valence-corrected chi connectivity index (χ0v) is 15.8. The number of hydrogen-bond donors (Lipinski definition) is 1. The molecular formula is C18H18O6Se. The van der Waals surface area contributed by atoms with E-state index in [1.165, 1.54) is 21.3 Å². The van der Waals surface area contributed by atoms with Crippen molar-refractivity contribution in [1.29, 1.82) is 0 Å². The molecule has 0 fully saturated rings. The number of methoxy groups -OCH3 is 3. The Morgan fingerprint density at radius 2 is 1.28 bits per heavy atom. The molecule has 0 amide bonds. The predicted octanol–water partition coefficient (Wildman–Crippen LogP) is 1.89. The maximum atomic E-state index is 12.7. The van der Waals surface area contributed by atoms with Crippen LogP contribution in [0.2, 0.25) is 0 Å². The van der Waals surface area contributed by atoms with Crippen molar-refractivity contribution in [2.45, 2.75) is 6.61 Å². The third kappa shape index (κ3) is 4.02. The molecule has 0 aromatic heterocycles. The predicted molar refractivity (Wildman–Crippen MR) is 92.9 cm³/mol. The van der Waals surface area contributed by atoms with Gasteiger partial charge in [0, 0.05) is 0 Å². The molecule has 0 bridgehead atoms. The zero-order valence-electron chi connectivity index (χ0n) is 14.1. The molecule has 0 atom stereocenters. The second kappa shape index (κ2) is 8.67. The average Bonchev–Trinajstić information content (AvgIpc) is 2.65. The van der Waals surface area contributed by atoms with Gasteiger partial charge in [0.05, 0.1) is 0 Å². The van der Waals surface area contributed by atoms with Gasteiger partial charge in [-0.3, -0.25) is 0 Å². The standard InChI is InChI=1S/C18H18O6Se/c1-22-12-7-4-6-11(10-19)15(12)17(20)25-18(21)16-13(23-2)8-5-9-14(16)24-3/h4-9,19H,10H2,1-3H3. The van der Waals surface area contributed by atoms with Crippen LogP contribution in [-0.4, -0.2) is 50.8 Å². The molecule has 2 aromatic rings. The molecular weight excluding hydrogens is 391 g/mol. The Labute approximate surface area is 151 Å². The van der Waals surface area contributed by atoms with Crippen LogP contribution in [0.15, 0.2) is 36.4 Å². The number of hydrogen-bond acceptors (Lipinski definition) is 6. The van der Waals surface area contributed by atoms with E-state index in [2.05, 4.69) is 0 Å². The van der Waals surface area contributed by atoms with Crippen LogP contribution < -0.4 is 14.2 Å². The third-order valence-electron chi connectivity index (χ3n) is 3.52. The number of aliphatic hydroxyl groups excluding tert-OH is 1. The topological polar surface area (TPSA) is 82.1 Å². The SMILES string of the molecule is COc1cccc(CO)c1C(=O)[Se]C(=O)c1c(OC)cccc1OC. The van der Waals surface area contributed by atoms with Crippen LogP contribution >= 0.6 is 0 Å². The van der Waals surface area contributed by atoms with Crippen molar-refractivity contribution in [3.63, 3.8) is 0 Å². The molecule has 0 aliphatic heterocycles.